The molecule has 1 aliphatic heterocycles. The van der Waals surface area contributed by atoms with Gasteiger partial charge in [-0.15, -0.1) is 0 Å². The number of nitrogens with zero attached hydrogens (tertiary/aromatic N) is 1. The molecule has 2 N–H and O–H groups in total. The highest BCUT2D eigenvalue weighted by atomic mass is 32.2. The van der Waals surface area contributed by atoms with E-state index in [4.69, 9.17) is 0 Å². The van der Waals surface area contributed by atoms with Gasteiger partial charge in [-0.1, -0.05) is 0 Å². The van der Waals surface area contributed by atoms with Crippen molar-refractivity contribution in [1.29, 1.82) is 0 Å². The molecule has 88 valence electrons. The summed E-state index contributed by atoms with van der Waals surface area (Å²) in [6.07, 6.45) is 3.78. The van der Waals surface area contributed by atoms with Gasteiger partial charge in [0.05, 0.1) is 0 Å². The van der Waals surface area contributed by atoms with Gasteiger partial charge in [-0.2, -0.15) is 0 Å². The van der Waals surface area contributed by atoms with Gasteiger partial charge in [-0.3, -0.25) is 0 Å². The Hall–Kier alpha value is -1.14. The maximum Gasteiger partial charge on any atom is 0.179 e. The Balaban J connectivity index is 2.26. The lowest BCUT2D eigenvalue weighted by Crippen LogP contribution is -2.23. The fraction of sp³-hybridized carbons (Fsp3) is 0.500. The Morgan fingerprint density at radius 2 is 2.38 bits per heavy atom. The SMILES string of the molecule is CS(=O)(=O)c1cccnc1NC1CCNC1. The van der Waals surface area contributed by atoms with Gasteiger partial charge < -0.3 is 10.6 Å². The highest BCUT2D eigenvalue weighted by Crippen LogP contribution is 2.19. The molecule has 6 heteroatoms. The fourth-order valence-electron chi connectivity index (χ4n) is 1.77. The number of hydrogen-bond acceptors (Lipinski definition) is 5. The van der Waals surface area contributed by atoms with E-state index in [1.54, 1.807) is 18.3 Å². The third-order valence-corrected chi connectivity index (χ3v) is 3.70. The van der Waals surface area contributed by atoms with E-state index < -0.39 is 9.84 Å². The summed E-state index contributed by atoms with van der Waals surface area (Å²) in [4.78, 5) is 4.36. The Bertz CT molecular complexity index is 467. The van der Waals surface area contributed by atoms with Crippen molar-refractivity contribution in [3.8, 4) is 0 Å². The maximum atomic E-state index is 11.5. The summed E-state index contributed by atoms with van der Waals surface area (Å²) in [5.74, 6) is 0.457. The number of sulfone groups is 1. The van der Waals surface area contributed by atoms with Crippen LogP contribution in [-0.4, -0.2) is 38.8 Å². The van der Waals surface area contributed by atoms with Gasteiger partial charge in [0.25, 0.3) is 0 Å². The smallest absolute Gasteiger partial charge is 0.179 e. The first kappa shape index (κ1) is 11.3. The van der Waals surface area contributed by atoms with Gasteiger partial charge in [0.15, 0.2) is 9.84 Å². The van der Waals surface area contributed by atoms with Crippen LogP contribution in [0.3, 0.4) is 0 Å². The Kier molecular flexibility index (Phi) is 3.11. The lowest BCUT2D eigenvalue weighted by atomic mass is 10.2. The Labute approximate surface area is 95.2 Å². The van der Waals surface area contributed by atoms with Crippen LogP contribution >= 0.6 is 0 Å². The van der Waals surface area contributed by atoms with Crippen molar-refractivity contribution in [2.45, 2.75) is 17.4 Å². The van der Waals surface area contributed by atoms with Crippen LogP contribution < -0.4 is 10.6 Å². The molecule has 2 heterocycles. The molecule has 1 aromatic rings. The summed E-state index contributed by atoms with van der Waals surface area (Å²) in [7, 11) is -3.22. The van der Waals surface area contributed by atoms with Crippen LogP contribution in [0.1, 0.15) is 6.42 Å². The topological polar surface area (TPSA) is 71.1 Å². The quantitative estimate of drug-likeness (QED) is 0.794. The summed E-state index contributed by atoms with van der Waals surface area (Å²) in [5, 5.41) is 6.37. The molecule has 5 nitrogen and oxygen atoms in total. The number of hydrogen-bond donors (Lipinski definition) is 2. The summed E-state index contributed by atoms with van der Waals surface area (Å²) in [5.41, 5.74) is 0. The van der Waals surface area contributed by atoms with Gasteiger partial charge in [0.2, 0.25) is 0 Å². The second-order valence-electron chi connectivity index (χ2n) is 3.96. The minimum Gasteiger partial charge on any atom is -0.365 e. The van der Waals surface area contributed by atoms with E-state index >= 15 is 0 Å². The van der Waals surface area contributed by atoms with Gasteiger partial charge in [-0.05, 0) is 25.1 Å². The summed E-state index contributed by atoms with van der Waals surface area (Å²) < 4.78 is 23.1. The van der Waals surface area contributed by atoms with Crippen molar-refractivity contribution in [2.24, 2.45) is 0 Å². The van der Waals surface area contributed by atoms with Gasteiger partial charge in [-0.25, -0.2) is 13.4 Å². The molecule has 1 unspecified atom stereocenters. The van der Waals surface area contributed by atoms with E-state index in [-0.39, 0.29) is 10.9 Å². The standard InChI is InChI=1S/C10H15N3O2S/c1-16(14,15)9-3-2-5-12-10(9)13-8-4-6-11-7-8/h2-3,5,8,11H,4,6-7H2,1H3,(H,12,13). The van der Waals surface area contributed by atoms with Crippen molar-refractivity contribution in [3.63, 3.8) is 0 Å². The van der Waals surface area contributed by atoms with Gasteiger partial charge in [0, 0.05) is 25.0 Å². The molecule has 0 spiro atoms. The molecular weight excluding hydrogens is 226 g/mol. The molecule has 0 bridgehead atoms. The highest BCUT2D eigenvalue weighted by molar-refractivity contribution is 7.90. The van der Waals surface area contributed by atoms with Crippen LogP contribution in [-0.2, 0) is 9.84 Å². The zero-order valence-electron chi connectivity index (χ0n) is 9.10. The molecule has 1 aromatic heterocycles. The molecule has 2 rings (SSSR count). The average molecular weight is 241 g/mol. The number of aromatic nitrogens is 1. The number of pyridine rings is 1. The lowest BCUT2D eigenvalue weighted by Gasteiger charge is -2.14. The summed E-state index contributed by atoms with van der Waals surface area (Å²) in [6, 6.07) is 3.47. The maximum absolute atomic E-state index is 11.5. The van der Waals surface area contributed by atoms with Crippen LogP contribution in [0.4, 0.5) is 5.82 Å². The average Bonchev–Trinajstić information content (AvgIpc) is 2.70. The second kappa shape index (κ2) is 4.39. The predicted molar refractivity (Wildman–Crippen MR) is 62.2 cm³/mol. The molecule has 1 saturated heterocycles. The van der Waals surface area contributed by atoms with E-state index in [0.717, 1.165) is 19.5 Å². The number of rotatable bonds is 3. The number of nitrogens with one attached hydrogen (secondary N) is 2. The second-order valence-corrected chi connectivity index (χ2v) is 5.94. The third kappa shape index (κ3) is 2.51. The van der Waals surface area contributed by atoms with Crippen LogP contribution in [0, 0.1) is 0 Å². The monoisotopic (exact) mass is 241 g/mol. The predicted octanol–water partition coefficient (Wildman–Crippen LogP) is 0.259. The molecule has 0 radical (unpaired) electrons. The van der Waals surface area contributed by atoms with Crippen LogP contribution in [0.15, 0.2) is 23.2 Å². The van der Waals surface area contributed by atoms with Crippen LogP contribution in [0.25, 0.3) is 0 Å². The highest BCUT2D eigenvalue weighted by Gasteiger charge is 2.19. The number of anilines is 1. The molecule has 0 saturated carbocycles. The van der Waals surface area contributed by atoms with Crippen LogP contribution in [0.2, 0.25) is 0 Å². The zero-order valence-corrected chi connectivity index (χ0v) is 9.92. The molecule has 0 aliphatic carbocycles. The van der Waals surface area contributed by atoms with E-state index in [1.165, 1.54) is 6.26 Å². The van der Waals surface area contributed by atoms with E-state index in [2.05, 4.69) is 15.6 Å². The first-order valence-corrected chi connectivity index (χ1v) is 7.09. The molecule has 1 atom stereocenters. The molecule has 0 aromatic carbocycles. The van der Waals surface area contributed by atoms with E-state index in [0.29, 0.717) is 5.82 Å². The van der Waals surface area contributed by atoms with Gasteiger partial charge in [0.1, 0.15) is 10.7 Å². The van der Waals surface area contributed by atoms with Crippen molar-refractivity contribution in [3.05, 3.63) is 18.3 Å². The van der Waals surface area contributed by atoms with Crippen molar-refractivity contribution in [2.75, 3.05) is 24.7 Å². The third-order valence-electron chi connectivity index (χ3n) is 2.57. The molecular formula is C10H15N3O2S. The molecule has 0 amide bonds. The zero-order chi connectivity index (χ0) is 11.6. The Morgan fingerprint density at radius 1 is 1.56 bits per heavy atom. The van der Waals surface area contributed by atoms with Gasteiger partial charge >= 0.3 is 0 Å². The molecule has 16 heavy (non-hydrogen) atoms. The molecule has 1 aliphatic rings. The van der Waals surface area contributed by atoms with Crippen molar-refractivity contribution in [1.82, 2.24) is 10.3 Å². The lowest BCUT2D eigenvalue weighted by molar-refractivity contribution is 0.601. The largest absolute Gasteiger partial charge is 0.365 e. The van der Waals surface area contributed by atoms with E-state index in [1.807, 2.05) is 0 Å². The van der Waals surface area contributed by atoms with E-state index in [9.17, 15) is 8.42 Å². The van der Waals surface area contributed by atoms with Crippen LogP contribution in [0.5, 0.6) is 0 Å². The first-order valence-electron chi connectivity index (χ1n) is 5.20. The minimum atomic E-state index is -3.22. The summed E-state index contributed by atoms with van der Waals surface area (Å²) >= 11 is 0. The van der Waals surface area contributed by atoms with Crippen molar-refractivity contribution < 1.29 is 8.42 Å². The fourth-order valence-corrected chi connectivity index (χ4v) is 2.56. The molecule has 1 fully saturated rings. The Morgan fingerprint density at radius 3 is 3.00 bits per heavy atom. The first-order chi connectivity index (χ1) is 7.57. The van der Waals surface area contributed by atoms with Crippen molar-refractivity contribution >= 4 is 15.7 Å². The normalized spacial score (nSPS) is 20.9. The minimum absolute atomic E-state index is 0.260. The summed E-state index contributed by atoms with van der Waals surface area (Å²) in [6.45, 7) is 1.80.